The highest BCUT2D eigenvalue weighted by atomic mass is 32.2. The largest absolute Gasteiger partial charge is 0.507 e. The van der Waals surface area contributed by atoms with Crippen LogP contribution >= 0.6 is 0 Å². The number of fused-ring (bicyclic) bond motifs is 1. The van der Waals surface area contributed by atoms with Crippen molar-refractivity contribution in [1.29, 1.82) is 0 Å². The van der Waals surface area contributed by atoms with Gasteiger partial charge in [0, 0.05) is 23.6 Å². The first-order valence-electron chi connectivity index (χ1n) is 10.6. The Morgan fingerprint density at radius 2 is 2.00 bits per heavy atom. The monoisotopic (exact) mass is 474 g/mol. The van der Waals surface area contributed by atoms with E-state index in [1.807, 2.05) is 0 Å². The first kappa shape index (κ1) is 21.8. The van der Waals surface area contributed by atoms with E-state index in [1.54, 1.807) is 6.07 Å². The quantitative estimate of drug-likeness (QED) is 0.515. The Labute approximate surface area is 189 Å². The maximum absolute atomic E-state index is 13.9. The number of anilines is 2. The molecule has 11 heteroatoms. The van der Waals surface area contributed by atoms with E-state index in [2.05, 4.69) is 19.6 Å². The summed E-state index contributed by atoms with van der Waals surface area (Å²) in [5.74, 6) is 0.910. The minimum Gasteiger partial charge on any atom is -0.507 e. The summed E-state index contributed by atoms with van der Waals surface area (Å²) < 4.78 is 42.1. The Morgan fingerprint density at radius 1 is 1.18 bits per heavy atom. The molecule has 1 aromatic heterocycles. The second kappa shape index (κ2) is 8.73. The summed E-state index contributed by atoms with van der Waals surface area (Å²) in [6, 6.07) is 7.03. The standard InChI is InChI=1S/C22H23FN4O5S/c23-13-3-4-15(19(7-13)32-20-11-31-10-18(20)29)26-22-21-16(24-12-25-22)8-14(9-17(21)28)27-33(30)5-1-2-6-33/h3-4,7-9,12,18,20,28-29H,1-2,5-6,10-11H2,(H,24,25,26). The number of aliphatic hydroxyl groups excluding tert-OH is 1. The lowest BCUT2D eigenvalue weighted by molar-refractivity contribution is 0.0736. The average Bonchev–Trinajstić information content (AvgIpc) is 3.38. The third kappa shape index (κ3) is 4.56. The van der Waals surface area contributed by atoms with Crippen LogP contribution in [-0.4, -0.2) is 61.3 Å². The van der Waals surface area contributed by atoms with E-state index in [-0.39, 0.29) is 30.5 Å². The summed E-state index contributed by atoms with van der Waals surface area (Å²) in [6.45, 7) is 0.330. The van der Waals surface area contributed by atoms with E-state index in [1.165, 1.54) is 30.6 Å². The molecular weight excluding hydrogens is 451 g/mol. The summed E-state index contributed by atoms with van der Waals surface area (Å²) >= 11 is 0. The third-order valence-corrected chi connectivity index (χ3v) is 8.02. The highest BCUT2D eigenvalue weighted by molar-refractivity contribution is 7.93. The second-order valence-electron chi connectivity index (χ2n) is 8.09. The number of ether oxygens (including phenoxy) is 2. The molecule has 2 aliphatic heterocycles. The van der Waals surface area contributed by atoms with Gasteiger partial charge in [-0.25, -0.2) is 18.6 Å². The Kier molecular flexibility index (Phi) is 5.77. The molecule has 2 saturated heterocycles. The van der Waals surface area contributed by atoms with Crippen LogP contribution in [-0.2, 0) is 14.5 Å². The maximum atomic E-state index is 13.9. The van der Waals surface area contributed by atoms with Crippen molar-refractivity contribution in [2.24, 2.45) is 4.36 Å². The molecule has 5 rings (SSSR count). The van der Waals surface area contributed by atoms with Gasteiger partial charge in [-0.3, -0.25) is 0 Å². The van der Waals surface area contributed by atoms with Gasteiger partial charge in [-0.1, -0.05) is 0 Å². The molecule has 2 atom stereocenters. The van der Waals surface area contributed by atoms with Crippen LogP contribution in [0.3, 0.4) is 0 Å². The number of phenols is 1. The molecule has 174 valence electrons. The predicted octanol–water partition coefficient (Wildman–Crippen LogP) is 3.25. The molecule has 3 N–H and O–H groups in total. The van der Waals surface area contributed by atoms with Gasteiger partial charge in [0.1, 0.15) is 35.6 Å². The molecule has 0 aliphatic carbocycles. The van der Waals surface area contributed by atoms with E-state index in [9.17, 15) is 18.8 Å². The minimum absolute atomic E-state index is 0.125. The Balaban J connectivity index is 1.50. The zero-order valence-electron chi connectivity index (χ0n) is 17.6. The fourth-order valence-electron chi connectivity index (χ4n) is 3.97. The number of phenolic OH excluding ortho intramolecular Hbond substituents is 1. The first-order chi connectivity index (χ1) is 15.9. The van der Waals surface area contributed by atoms with Crippen LogP contribution in [0.2, 0.25) is 0 Å². The van der Waals surface area contributed by atoms with E-state index in [0.29, 0.717) is 33.8 Å². The molecule has 0 spiro atoms. The van der Waals surface area contributed by atoms with Crippen LogP contribution < -0.4 is 10.1 Å². The number of benzene rings is 2. The normalized spacial score (nSPS) is 21.9. The van der Waals surface area contributed by atoms with Gasteiger partial charge in [0.25, 0.3) is 0 Å². The van der Waals surface area contributed by atoms with Crippen LogP contribution in [0, 0.1) is 5.82 Å². The van der Waals surface area contributed by atoms with E-state index < -0.39 is 27.8 Å². The highest BCUT2D eigenvalue weighted by Gasteiger charge is 2.29. The summed E-state index contributed by atoms with van der Waals surface area (Å²) in [4.78, 5) is 8.45. The van der Waals surface area contributed by atoms with Crippen molar-refractivity contribution >= 4 is 37.8 Å². The van der Waals surface area contributed by atoms with Gasteiger partial charge in [0.15, 0.2) is 6.10 Å². The topological polar surface area (TPSA) is 126 Å². The van der Waals surface area contributed by atoms with E-state index >= 15 is 0 Å². The lowest BCUT2D eigenvalue weighted by Crippen LogP contribution is -2.30. The van der Waals surface area contributed by atoms with Crippen LogP contribution in [0.15, 0.2) is 41.0 Å². The molecule has 0 radical (unpaired) electrons. The van der Waals surface area contributed by atoms with Gasteiger partial charge in [-0.2, -0.15) is 4.36 Å². The van der Waals surface area contributed by atoms with Crippen molar-refractivity contribution in [2.45, 2.75) is 25.0 Å². The molecule has 2 aromatic carbocycles. The molecule has 33 heavy (non-hydrogen) atoms. The van der Waals surface area contributed by atoms with Crippen LogP contribution in [0.4, 0.5) is 21.6 Å². The SMILES string of the molecule is O=S1(=Nc2cc(O)c3c(Nc4ccc(F)cc4OC4COCC4O)ncnc3c2)CCCC1. The van der Waals surface area contributed by atoms with Gasteiger partial charge in [-0.05, 0) is 31.0 Å². The molecule has 0 amide bonds. The number of aliphatic hydroxyl groups is 1. The molecule has 2 aliphatic rings. The summed E-state index contributed by atoms with van der Waals surface area (Å²) in [7, 11) is -2.30. The zero-order chi connectivity index (χ0) is 23.0. The molecule has 3 heterocycles. The number of aromatic hydroxyl groups is 1. The van der Waals surface area contributed by atoms with Crippen LogP contribution in [0.5, 0.6) is 11.5 Å². The van der Waals surface area contributed by atoms with Crippen LogP contribution in [0.1, 0.15) is 12.8 Å². The highest BCUT2D eigenvalue weighted by Crippen LogP contribution is 2.37. The van der Waals surface area contributed by atoms with Gasteiger partial charge in [0.2, 0.25) is 0 Å². The lowest BCUT2D eigenvalue weighted by atomic mass is 10.2. The minimum atomic E-state index is -2.30. The molecular formula is C22H23FN4O5S. The van der Waals surface area contributed by atoms with Crippen molar-refractivity contribution in [1.82, 2.24) is 9.97 Å². The Morgan fingerprint density at radius 3 is 2.76 bits per heavy atom. The maximum Gasteiger partial charge on any atom is 0.150 e. The van der Waals surface area contributed by atoms with Crippen LogP contribution in [0.25, 0.3) is 10.9 Å². The Bertz CT molecular complexity index is 1320. The Hall–Kier alpha value is -3.02. The van der Waals surface area contributed by atoms with E-state index in [4.69, 9.17) is 9.47 Å². The number of nitrogens with zero attached hydrogens (tertiary/aromatic N) is 3. The number of hydrogen-bond donors (Lipinski definition) is 3. The van der Waals surface area contributed by atoms with E-state index in [0.717, 1.165) is 12.8 Å². The lowest BCUT2D eigenvalue weighted by Gasteiger charge is -2.19. The van der Waals surface area contributed by atoms with Crippen molar-refractivity contribution in [2.75, 3.05) is 30.0 Å². The van der Waals surface area contributed by atoms with Crippen molar-refractivity contribution in [3.63, 3.8) is 0 Å². The molecule has 9 nitrogen and oxygen atoms in total. The van der Waals surface area contributed by atoms with Crippen molar-refractivity contribution in [3.8, 4) is 11.5 Å². The van der Waals surface area contributed by atoms with Gasteiger partial charge in [0.05, 0.1) is 45.2 Å². The predicted molar refractivity (Wildman–Crippen MR) is 121 cm³/mol. The summed E-state index contributed by atoms with van der Waals surface area (Å²) in [5.41, 5.74) is 1.20. The first-order valence-corrected chi connectivity index (χ1v) is 12.4. The van der Waals surface area contributed by atoms with Crippen molar-refractivity contribution in [3.05, 3.63) is 42.5 Å². The number of aromatic nitrogens is 2. The number of rotatable bonds is 5. The van der Waals surface area contributed by atoms with Gasteiger partial charge in [-0.15, -0.1) is 0 Å². The number of hydrogen-bond acceptors (Lipinski definition) is 9. The fraction of sp³-hybridized carbons (Fsp3) is 0.364. The summed E-state index contributed by atoms with van der Waals surface area (Å²) in [6.07, 6.45) is 1.62. The molecule has 0 bridgehead atoms. The average molecular weight is 475 g/mol. The fourth-order valence-corrected chi connectivity index (χ4v) is 6.15. The number of nitrogens with one attached hydrogen (secondary N) is 1. The van der Waals surface area contributed by atoms with Gasteiger partial charge >= 0.3 is 0 Å². The molecule has 2 unspecified atom stereocenters. The third-order valence-electron chi connectivity index (χ3n) is 5.63. The second-order valence-corrected chi connectivity index (χ2v) is 10.6. The molecule has 0 saturated carbocycles. The smallest absolute Gasteiger partial charge is 0.150 e. The van der Waals surface area contributed by atoms with Crippen molar-refractivity contribution < 1.29 is 28.3 Å². The zero-order valence-corrected chi connectivity index (χ0v) is 18.4. The molecule has 2 fully saturated rings. The van der Waals surface area contributed by atoms with Gasteiger partial charge < -0.3 is 25.0 Å². The molecule has 3 aromatic rings. The summed E-state index contributed by atoms with van der Waals surface area (Å²) in [5, 5.41) is 24.1. The number of halogens is 1.